The van der Waals surface area contributed by atoms with E-state index < -0.39 is 10.0 Å². The minimum atomic E-state index is -3.20. The van der Waals surface area contributed by atoms with E-state index in [0.29, 0.717) is 11.7 Å². The van der Waals surface area contributed by atoms with E-state index in [1.165, 1.54) is 0 Å². The fourth-order valence-electron chi connectivity index (χ4n) is 2.64. The summed E-state index contributed by atoms with van der Waals surface area (Å²) in [5, 5.41) is 7.44. The van der Waals surface area contributed by atoms with E-state index in [9.17, 15) is 8.42 Å². The largest absolute Gasteiger partial charge is 0.334 e. The van der Waals surface area contributed by atoms with Crippen molar-refractivity contribution in [3.8, 4) is 11.5 Å². The van der Waals surface area contributed by atoms with Crippen molar-refractivity contribution in [3.63, 3.8) is 0 Å². The van der Waals surface area contributed by atoms with Crippen LogP contribution in [-0.4, -0.2) is 55.9 Å². The molecule has 0 amide bonds. The van der Waals surface area contributed by atoms with Gasteiger partial charge in [0.15, 0.2) is 5.82 Å². The second-order valence-corrected chi connectivity index (χ2v) is 8.18. The van der Waals surface area contributed by atoms with Gasteiger partial charge in [0, 0.05) is 31.7 Å². The molecule has 8 nitrogen and oxygen atoms in total. The van der Waals surface area contributed by atoms with Crippen molar-refractivity contribution >= 4 is 10.0 Å². The summed E-state index contributed by atoms with van der Waals surface area (Å²) >= 11 is 0. The number of aromatic nitrogens is 2. The summed E-state index contributed by atoms with van der Waals surface area (Å²) in [6.07, 6.45) is 0. The molecule has 2 heterocycles. The molecule has 1 aromatic carbocycles. The van der Waals surface area contributed by atoms with Crippen LogP contribution in [0.3, 0.4) is 0 Å². The Morgan fingerprint density at radius 3 is 2.80 bits per heavy atom. The van der Waals surface area contributed by atoms with Crippen molar-refractivity contribution in [2.45, 2.75) is 19.5 Å². The molecule has 0 radical (unpaired) electrons. The fourth-order valence-corrected chi connectivity index (χ4v) is 3.23. The molecule has 2 N–H and O–H groups in total. The Labute approximate surface area is 147 Å². The molecule has 1 aliphatic rings. The van der Waals surface area contributed by atoms with Crippen molar-refractivity contribution < 1.29 is 12.9 Å². The van der Waals surface area contributed by atoms with E-state index in [2.05, 4.69) is 25.1 Å². The number of piperazine rings is 1. The highest BCUT2D eigenvalue weighted by Gasteiger charge is 2.25. The number of sulfonamides is 1. The summed E-state index contributed by atoms with van der Waals surface area (Å²) in [7, 11) is -1.15. The SMILES string of the molecule is CCS(=O)(=O)NCc1ccc(-c2nc(C3CNCCN3C)no2)cc1. The lowest BCUT2D eigenvalue weighted by molar-refractivity contribution is 0.190. The molecule has 1 saturated heterocycles. The summed E-state index contributed by atoms with van der Waals surface area (Å²) < 4.78 is 30.9. The Hall–Kier alpha value is -1.81. The van der Waals surface area contributed by atoms with Gasteiger partial charge in [-0.25, -0.2) is 13.1 Å². The highest BCUT2D eigenvalue weighted by Crippen LogP contribution is 2.23. The molecule has 1 aromatic heterocycles. The lowest BCUT2D eigenvalue weighted by Crippen LogP contribution is -2.44. The molecule has 9 heteroatoms. The Morgan fingerprint density at radius 2 is 2.12 bits per heavy atom. The van der Waals surface area contributed by atoms with Crippen LogP contribution in [0.2, 0.25) is 0 Å². The smallest absolute Gasteiger partial charge is 0.257 e. The number of hydrogen-bond donors (Lipinski definition) is 2. The summed E-state index contributed by atoms with van der Waals surface area (Å²) in [5.74, 6) is 1.21. The van der Waals surface area contributed by atoms with Gasteiger partial charge in [0.05, 0.1) is 11.8 Å². The zero-order chi connectivity index (χ0) is 17.9. The predicted molar refractivity (Wildman–Crippen MR) is 94.3 cm³/mol. The summed E-state index contributed by atoms with van der Waals surface area (Å²) in [4.78, 5) is 6.71. The van der Waals surface area contributed by atoms with Crippen LogP contribution in [0, 0.1) is 0 Å². The summed E-state index contributed by atoms with van der Waals surface area (Å²) in [6, 6.07) is 7.52. The molecule has 1 fully saturated rings. The first kappa shape index (κ1) is 18.0. The Balaban J connectivity index is 1.68. The molecule has 0 saturated carbocycles. The van der Waals surface area contributed by atoms with Gasteiger partial charge in [0.1, 0.15) is 0 Å². The van der Waals surface area contributed by atoms with Gasteiger partial charge in [0.2, 0.25) is 10.0 Å². The number of nitrogens with zero attached hydrogens (tertiary/aromatic N) is 3. The zero-order valence-electron chi connectivity index (χ0n) is 14.4. The molecule has 1 atom stereocenters. The maximum absolute atomic E-state index is 11.5. The highest BCUT2D eigenvalue weighted by atomic mass is 32.2. The quantitative estimate of drug-likeness (QED) is 0.779. The molecule has 1 aliphatic heterocycles. The lowest BCUT2D eigenvalue weighted by atomic mass is 10.1. The minimum Gasteiger partial charge on any atom is -0.334 e. The third-order valence-electron chi connectivity index (χ3n) is 4.33. The van der Waals surface area contributed by atoms with E-state index in [0.717, 1.165) is 30.8 Å². The van der Waals surface area contributed by atoms with Gasteiger partial charge < -0.3 is 9.84 Å². The number of nitrogens with one attached hydrogen (secondary N) is 2. The second-order valence-electron chi connectivity index (χ2n) is 6.08. The summed E-state index contributed by atoms with van der Waals surface area (Å²) in [5.41, 5.74) is 1.68. The Bertz CT molecular complexity index is 803. The minimum absolute atomic E-state index is 0.0698. The van der Waals surface area contributed by atoms with Gasteiger partial charge >= 0.3 is 0 Å². The normalized spacial score (nSPS) is 19.2. The number of hydrogen-bond acceptors (Lipinski definition) is 7. The van der Waals surface area contributed by atoms with Crippen molar-refractivity contribution in [2.75, 3.05) is 32.4 Å². The average Bonchev–Trinajstić information content (AvgIpc) is 3.11. The standard InChI is InChI=1S/C16H23N5O3S/c1-3-25(22,23)18-10-12-4-6-13(7-5-12)16-19-15(20-24-16)14-11-17-8-9-21(14)2/h4-7,14,17-18H,3,8-11H2,1-2H3. The third-order valence-corrected chi connectivity index (χ3v) is 5.67. The van der Waals surface area contributed by atoms with Gasteiger partial charge in [-0.05, 0) is 31.7 Å². The fraction of sp³-hybridized carbons (Fsp3) is 0.500. The lowest BCUT2D eigenvalue weighted by Gasteiger charge is -2.30. The van der Waals surface area contributed by atoms with E-state index in [1.807, 2.05) is 31.3 Å². The van der Waals surface area contributed by atoms with E-state index in [4.69, 9.17) is 4.52 Å². The monoisotopic (exact) mass is 365 g/mol. The van der Waals surface area contributed by atoms with Crippen LogP contribution in [-0.2, 0) is 16.6 Å². The van der Waals surface area contributed by atoms with E-state index in [1.54, 1.807) is 6.92 Å². The van der Waals surface area contributed by atoms with Crippen molar-refractivity contribution in [2.24, 2.45) is 0 Å². The first-order valence-electron chi connectivity index (χ1n) is 8.29. The van der Waals surface area contributed by atoms with Crippen molar-refractivity contribution in [3.05, 3.63) is 35.7 Å². The molecule has 0 aliphatic carbocycles. The van der Waals surface area contributed by atoms with E-state index >= 15 is 0 Å². The molecule has 136 valence electrons. The molecule has 0 spiro atoms. The topological polar surface area (TPSA) is 100 Å². The van der Waals surface area contributed by atoms with Crippen LogP contribution >= 0.6 is 0 Å². The molecular weight excluding hydrogens is 342 g/mol. The maximum Gasteiger partial charge on any atom is 0.257 e. The third kappa shape index (κ3) is 4.43. The second kappa shape index (κ2) is 7.61. The van der Waals surface area contributed by atoms with Crippen LogP contribution < -0.4 is 10.0 Å². The molecule has 25 heavy (non-hydrogen) atoms. The van der Waals surface area contributed by atoms with Gasteiger partial charge in [-0.1, -0.05) is 17.3 Å². The average molecular weight is 365 g/mol. The Morgan fingerprint density at radius 1 is 1.36 bits per heavy atom. The molecule has 1 unspecified atom stereocenters. The van der Waals surface area contributed by atoms with Crippen LogP contribution in [0.15, 0.2) is 28.8 Å². The first-order chi connectivity index (χ1) is 12.0. The van der Waals surface area contributed by atoms with E-state index in [-0.39, 0.29) is 18.3 Å². The van der Waals surface area contributed by atoms with Crippen molar-refractivity contribution in [1.82, 2.24) is 25.1 Å². The maximum atomic E-state index is 11.5. The van der Waals surface area contributed by atoms with Crippen LogP contribution in [0.25, 0.3) is 11.5 Å². The number of benzene rings is 1. The van der Waals surface area contributed by atoms with Gasteiger partial charge in [-0.15, -0.1) is 0 Å². The zero-order valence-corrected chi connectivity index (χ0v) is 15.2. The van der Waals surface area contributed by atoms with Crippen LogP contribution in [0.1, 0.15) is 24.4 Å². The highest BCUT2D eigenvalue weighted by molar-refractivity contribution is 7.89. The van der Waals surface area contributed by atoms with Gasteiger partial charge in [-0.2, -0.15) is 4.98 Å². The molecule has 2 aromatic rings. The first-order valence-corrected chi connectivity index (χ1v) is 9.95. The molecular formula is C16H23N5O3S. The predicted octanol–water partition coefficient (Wildman–Crippen LogP) is 0.752. The van der Waals surface area contributed by atoms with Crippen LogP contribution in [0.5, 0.6) is 0 Å². The van der Waals surface area contributed by atoms with Crippen molar-refractivity contribution in [1.29, 1.82) is 0 Å². The molecule has 3 rings (SSSR count). The van der Waals surface area contributed by atoms with Crippen LogP contribution in [0.4, 0.5) is 0 Å². The molecule has 0 bridgehead atoms. The van der Waals surface area contributed by atoms with Gasteiger partial charge in [-0.3, -0.25) is 4.90 Å². The van der Waals surface area contributed by atoms with Gasteiger partial charge in [0.25, 0.3) is 5.89 Å². The summed E-state index contributed by atoms with van der Waals surface area (Å²) in [6.45, 7) is 4.58. The number of likely N-dealkylation sites (N-methyl/N-ethyl adjacent to an activating group) is 1. The Kier molecular flexibility index (Phi) is 5.48. The number of rotatable bonds is 6.